The number of fused-ring (bicyclic) bond motifs is 1. The van der Waals surface area contributed by atoms with Crippen molar-refractivity contribution in [2.45, 2.75) is 13.0 Å². The molecule has 1 atom stereocenters. The van der Waals surface area contributed by atoms with Crippen LogP contribution in [0.2, 0.25) is 0 Å². The van der Waals surface area contributed by atoms with E-state index >= 15 is 0 Å². The van der Waals surface area contributed by atoms with Gasteiger partial charge in [-0.1, -0.05) is 18.2 Å². The molecule has 1 N–H and O–H groups in total. The normalized spacial score (nSPS) is 11.8. The number of rotatable bonds is 2. The number of carbonyl (C=O) groups is 1. The Labute approximate surface area is 103 Å². The summed E-state index contributed by atoms with van der Waals surface area (Å²) in [4.78, 5) is 25.9. The summed E-state index contributed by atoms with van der Waals surface area (Å²) in [6.45, 7) is 1.47. The number of nitrogens with one attached hydrogen (secondary N) is 1. The van der Waals surface area contributed by atoms with E-state index in [0.717, 1.165) is 0 Å². The topological polar surface area (TPSA) is 82.9 Å². The number of benzene rings is 1. The molecule has 1 heterocycles. The minimum absolute atomic E-state index is 0.163. The van der Waals surface area contributed by atoms with Gasteiger partial charge in [-0.2, -0.15) is 5.26 Å². The van der Waals surface area contributed by atoms with Crippen LogP contribution in [0.5, 0.6) is 0 Å². The van der Waals surface area contributed by atoms with E-state index in [4.69, 9.17) is 10.00 Å². The number of H-pyrrole nitrogens is 1. The number of para-hydroxylation sites is 1. The van der Waals surface area contributed by atoms with Crippen molar-refractivity contribution >= 4 is 16.9 Å². The van der Waals surface area contributed by atoms with E-state index in [1.54, 1.807) is 30.3 Å². The molecular weight excluding hydrogens is 232 g/mol. The molecule has 0 saturated carbocycles. The van der Waals surface area contributed by atoms with Gasteiger partial charge in [0.15, 0.2) is 6.10 Å². The van der Waals surface area contributed by atoms with Gasteiger partial charge in [0.1, 0.15) is 6.07 Å². The SMILES string of the molecule is CC(C#N)OC(=O)c1cc(=O)[nH]c2ccccc12. The van der Waals surface area contributed by atoms with Crippen molar-refractivity contribution in [2.24, 2.45) is 0 Å². The highest BCUT2D eigenvalue weighted by Gasteiger charge is 2.15. The molecule has 0 radical (unpaired) electrons. The first-order valence-corrected chi connectivity index (χ1v) is 5.34. The molecule has 2 rings (SSSR count). The Morgan fingerprint density at radius 1 is 1.44 bits per heavy atom. The van der Waals surface area contributed by atoms with Gasteiger partial charge in [-0.25, -0.2) is 4.79 Å². The van der Waals surface area contributed by atoms with Gasteiger partial charge in [-0.15, -0.1) is 0 Å². The molecule has 1 aromatic heterocycles. The first-order valence-electron chi connectivity index (χ1n) is 5.34. The molecule has 5 heteroatoms. The second-order valence-corrected chi connectivity index (χ2v) is 3.77. The summed E-state index contributed by atoms with van der Waals surface area (Å²) >= 11 is 0. The Kier molecular flexibility index (Phi) is 3.11. The van der Waals surface area contributed by atoms with Crippen molar-refractivity contribution < 1.29 is 9.53 Å². The minimum atomic E-state index is -0.851. The van der Waals surface area contributed by atoms with Crippen LogP contribution in [-0.2, 0) is 4.74 Å². The average Bonchev–Trinajstić information content (AvgIpc) is 2.37. The number of hydrogen-bond donors (Lipinski definition) is 1. The van der Waals surface area contributed by atoms with Crippen molar-refractivity contribution in [3.05, 3.63) is 46.2 Å². The summed E-state index contributed by atoms with van der Waals surface area (Å²) in [6, 6.07) is 9.89. The largest absolute Gasteiger partial charge is 0.444 e. The van der Waals surface area contributed by atoms with E-state index in [2.05, 4.69) is 4.98 Å². The van der Waals surface area contributed by atoms with E-state index in [-0.39, 0.29) is 11.1 Å². The summed E-state index contributed by atoms with van der Waals surface area (Å²) in [6.07, 6.45) is -0.851. The van der Waals surface area contributed by atoms with Crippen molar-refractivity contribution in [2.75, 3.05) is 0 Å². The van der Waals surface area contributed by atoms with Gasteiger partial charge in [0, 0.05) is 17.0 Å². The number of esters is 1. The highest BCUT2D eigenvalue weighted by atomic mass is 16.5. The predicted octanol–water partition coefficient (Wildman–Crippen LogP) is 1.60. The zero-order valence-electron chi connectivity index (χ0n) is 9.64. The van der Waals surface area contributed by atoms with Crippen LogP contribution in [0.25, 0.3) is 10.9 Å². The van der Waals surface area contributed by atoms with E-state index < -0.39 is 12.1 Å². The number of carbonyl (C=O) groups excluding carboxylic acids is 1. The highest BCUT2D eigenvalue weighted by molar-refractivity contribution is 6.03. The maximum absolute atomic E-state index is 11.9. The maximum atomic E-state index is 11.9. The van der Waals surface area contributed by atoms with Gasteiger partial charge in [0.05, 0.1) is 5.56 Å². The standard InChI is InChI=1S/C13H10N2O3/c1-8(7-14)18-13(17)10-6-12(16)15-11-5-3-2-4-9(10)11/h2-6,8H,1H3,(H,15,16). The number of aromatic amines is 1. The minimum Gasteiger partial charge on any atom is -0.444 e. The summed E-state index contributed by atoms with van der Waals surface area (Å²) < 4.78 is 4.90. The molecule has 0 amide bonds. The average molecular weight is 242 g/mol. The van der Waals surface area contributed by atoms with Crippen molar-refractivity contribution in [3.63, 3.8) is 0 Å². The van der Waals surface area contributed by atoms with Crippen LogP contribution >= 0.6 is 0 Å². The van der Waals surface area contributed by atoms with Gasteiger partial charge in [0.25, 0.3) is 0 Å². The van der Waals surface area contributed by atoms with Gasteiger partial charge in [0.2, 0.25) is 5.56 Å². The third-order valence-corrected chi connectivity index (χ3v) is 2.44. The third kappa shape index (κ3) is 2.23. The first kappa shape index (κ1) is 11.9. The van der Waals surface area contributed by atoms with Crippen LogP contribution in [-0.4, -0.2) is 17.1 Å². The Hall–Kier alpha value is -2.61. The van der Waals surface area contributed by atoms with Gasteiger partial charge < -0.3 is 9.72 Å². The molecule has 0 bridgehead atoms. The fourth-order valence-corrected chi connectivity index (χ4v) is 1.62. The smallest absolute Gasteiger partial charge is 0.340 e. The second-order valence-electron chi connectivity index (χ2n) is 3.77. The lowest BCUT2D eigenvalue weighted by molar-refractivity contribution is 0.0437. The molecule has 0 fully saturated rings. The number of nitrogens with zero attached hydrogens (tertiary/aromatic N) is 1. The maximum Gasteiger partial charge on any atom is 0.340 e. The molecular formula is C13H10N2O3. The number of pyridine rings is 1. The molecule has 5 nitrogen and oxygen atoms in total. The molecule has 1 aromatic carbocycles. The highest BCUT2D eigenvalue weighted by Crippen LogP contribution is 2.15. The number of aromatic nitrogens is 1. The van der Waals surface area contributed by atoms with E-state index in [1.165, 1.54) is 13.0 Å². The van der Waals surface area contributed by atoms with Crippen LogP contribution in [0.15, 0.2) is 35.1 Å². The Bertz CT molecular complexity index is 697. The quantitative estimate of drug-likeness (QED) is 0.811. The molecule has 2 aromatic rings. The van der Waals surface area contributed by atoms with Crippen LogP contribution in [0.1, 0.15) is 17.3 Å². The predicted molar refractivity (Wildman–Crippen MR) is 65.1 cm³/mol. The molecule has 0 aliphatic heterocycles. The lowest BCUT2D eigenvalue weighted by atomic mass is 10.1. The Morgan fingerprint density at radius 3 is 2.89 bits per heavy atom. The second kappa shape index (κ2) is 4.72. The molecule has 0 aliphatic rings. The van der Waals surface area contributed by atoms with E-state index in [9.17, 15) is 9.59 Å². The number of hydrogen-bond acceptors (Lipinski definition) is 4. The Balaban J connectivity index is 2.54. The van der Waals surface area contributed by atoms with Crippen LogP contribution in [0, 0.1) is 11.3 Å². The molecule has 0 aliphatic carbocycles. The van der Waals surface area contributed by atoms with Gasteiger partial charge >= 0.3 is 5.97 Å². The summed E-state index contributed by atoms with van der Waals surface area (Å²) in [5, 5.41) is 9.19. The lowest BCUT2D eigenvalue weighted by Gasteiger charge is -2.08. The molecule has 18 heavy (non-hydrogen) atoms. The molecule has 0 saturated heterocycles. The van der Waals surface area contributed by atoms with Gasteiger partial charge in [-0.3, -0.25) is 4.79 Å². The fourth-order valence-electron chi connectivity index (χ4n) is 1.62. The Morgan fingerprint density at radius 2 is 2.17 bits per heavy atom. The third-order valence-electron chi connectivity index (χ3n) is 2.44. The number of ether oxygens (including phenoxy) is 1. The number of nitriles is 1. The summed E-state index contributed by atoms with van der Waals surface area (Å²) in [5.74, 6) is -0.675. The summed E-state index contributed by atoms with van der Waals surface area (Å²) in [5.41, 5.74) is 0.336. The fraction of sp³-hybridized carbons (Fsp3) is 0.154. The first-order chi connectivity index (χ1) is 8.61. The lowest BCUT2D eigenvalue weighted by Crippen LogP contribution is -2.16. The zero-order chi connectivity index (χ0) is 13.1. The van der Waals surface area contributed by atoms with E-state index in [1.807, 2.05) is 0 Å². The van der Waals surface area contributed by atoms with Crippen LogP contribution in [0.4, 0.5) is 0 Å². The van der Waals surface area contributed by atoms with Gasteiger partial charge in [-0.05, 0) is 13.0 Å². The van der Waals surface area contributed by atoms with Crippen LogP contribution < -0.4 is 5.56 Å². The summed E-state index contributed by atoms with van der Waals surface area (Å²) in [7, 11) is 0. The molecule has 1 unspecified atom stereocenters. The zero-order valence-corrected chi connectivity index (χ0v) is 9.64. The van der Waals surface area contributed by atoms with Crippen LogP contribution in [0.3, 0.4) is 0 Å². The monoisotopic (exact) mass is 242 g/mol. The van der Waals surface area contributed by atoms with Crippen molar-refractivity contribution in [1.29, 1.82) is 5.26 Å². The van der Waals surface area contributed by atoms with E-state index in [0.29, 0.717) is 10.9 Å². The molecule has 0 spiro atoms. The van der Waals surface area contributed by atoms with Crippen molar-refractivity contribution in [3.8, 4) is 6.07 Å². The molecule has 90 valence electrons. The van der Waals surface area contributed by atoms with Crippen molar-refractivity contribution in [1.82, 2.24) is 4.98 Å².